The van der Waals surface area contributed by atoms with Crippen molar-refractivity contribution in [3.05, 3.63) is 23.0 Å². The Bertz CT molecular complexity index is 441. The van der Waals surface area contributed by atoms with Crippen LogP contribution in [0, 0.1) is 5.82 Å². The lowest BCUT2D eigenvalue weighted by molar-refractivity contribution is 0.106. The summed E-state index contributed by atoms with van der Waals surface area (Å²) in [6.45, 7) is 0. The average molecular weight is 273 g/mol. The Balaban J connectivity index is 2.27. The number of likely N-dealkylation sites (N-methyl/N-ethyl adjacent to an activating group) is 1. The molecule has 2 unspecified atom stereocenters. The summed E-state index contributed by atoms with van der Waals surface area (Å²) in [7, 11) is 1.86. The first-order valence-corrected chi connectivity index (χ1v) is 6.54. The third-order valence-electron chi connectivity index (χ3n) is 3.64. The first-order chi connectivity index (χ1) is 8.50. The second-order valence-corrected chi connectivity index (χ2v) is 5.26. The van der Waals surface area contributed by atoms with Crippen molar-refractivity contribution in [3.8, 4) is 0 Å². The van der Waals surface area contributed by atoms with Gasteiger partial charge in [0.1, 0.15) is 5.82 Å². The third kappa shape index (κ3) is 2.54. The van der Waals surface area contributed by atoms with E-state index in [1.165, 1.54) is 12.1 Å². The molecule has 5 heteroatoms. The molecule has 3 nitrogen and oxygen atoms in total. The lowest BCUT2D eigenvalue weighted by atomic mass is 9.91. The van der Waals surface area contributed by atoms with Gasteiger partial charge in [-0.2, -0.15) is 0 Å². The average Bonchev–Trinajstić information content (AvgIpc) is 2.33. The molecular weight excluding hydrogens is 255 g/mol. The predicted molar refractivity (Wildman–Crippen MR) is 72.5 cm³/mol. The lowest BCUT2D eigenvalue weighted by Crippen LogP contribution is -2.43. The summed E-state index contributed by atoms with van der Waals surface area (Å²) >= 11 is 5.79. The van der Waals surface area contributed by atoms with Crippen molar-refractivity contribution in [2.45, 2.75) is 37.8 Å². The maximum Gasteiger partial charge on any atom is 0.143 e. The summed E-state index contributed by atoms with van der Waals surface area (Å²) in [6.07, 6.45) is 3.47. The topological polar surface area (TPSA) is 49.5 Å². The molecule has 1 aliphatic carbocycles. The molecule has 0 saturated heterocycles. The van der Waals surface area contributed by atoms with Crippen LogP contribution in [0.5, 0.6) is 0 Å². The molecular formula is C13H18ClFN2O. The van der Waals surface area contributed by atoms with E-state index in [2.05, 4.69) is 0 Å². The van der Waals surface area contributed by atoms with Crippen molar-refractivity contribution < 1.29 is 9.50 Å². The molecule has 1 fully saturated rings. The maximum absolute atomic E-state index is 13.3. The number of nitrogens with zero attached hydrogens (tertiary/aromatic N) is 1. The van der Waals surface area contributed by atoms with E-state index in [-0.39, 0.29) is 17.2 Å². The van der Waals surface area contributed by atoms with Gasteiger partial charge in [-0.25, -0.2) is 4.39 Å². The smallest absolute Gasteiger partial charge is 0.143 e. The van der Waals surface area contributed by atoms with Gasteiger partial charge in [0.2, 0.25) is 0 Å². The van der Waals surface area contributed by atoms with Crippen LogP contribution in [0.2, 0.25) is 5.02 Å². The Morgan fingerprint density at radius 3 is 2.72 bits per heavy atom. The van der Waals surface area contributed by atoms with E-state index in [4.69, 9.17) is 17.3 Å². The van der Waals surface area contributed by atoms with Crippen LogP contribution in [0.3, 0.4) is 0 Å². The first kappa shape index (κ1) is 13.4. The third-order valence-corrected chi connectivity index (χ3v) is 3.93. The number of benzene rings is 1. The van der Waals surface area contributed by atoms with Crippen LogP contribution in [-0.4, -0.2) is 24.3 Å². The van der Waals surface area contributed by atoms with E-state index < -0.39 is 5.82 Å². The minimum atomic E-state index is -0.518. The molecule has 0 spiro atoms. The number of anilines is 2. The monoisotopic (exact) mass is 272 g/mol. The first-order valence-electron chi connectivity index (χ1n) is 6.16. The van der Waals surface area contributed by atoms with E-state index in [1.54, 1.807) is 0 Å². The summed E-state index contributed by atoms with van der Waals surface area (Å²) < 4.78 is 13.3. The molecule has 3 N–H and O–H groups in total. The van der Waals surface area contributed by atoms with Crippen LogP contribution in [0.15, 0.2) is 12.1 Å². The normalized spacial score (nSPS) is 24.0. The Hall–Kier alpha value is -1.00. The van der Waals surface area contributed by atoms with Crippen LogP contribution < -0.4 is 10.6 Å². The van der Waals surface area contributed by atoms with Gasteiger partial charge in [0.15, 0.2) is 0 Å². The minimum absolute atomic E-state index is 0.0163. The zero-order valence-corrected chi connectivity index (χ0v) is 11.1. The SMILES string of the molecule is CN(c1cc(Cl)c(F)cc1N)C1CCCCC1O. The summed E-state index contributed by atoms with van der Waals surface area (Å²) in [5, 5.41) is 10.1. The highest BCUT2D eigenvalue weighted by Crippen LogP contribution is 2.33. The summed E-state index contributed by atoms with van der Waals surface area (Å²) in [6, 6.07) is 2.76. The Morgan fingerprint density at radius 2 is 2.06 bits per heavy atom. The van der Waals surface area contributed by atoms with Crippen LogP contribution in [-0.2, 0) is 0 Å². The molecule has 100 valence electrons. The zero-order valence-electron chi connectivity index (χ0n) is 10.4. The summed E-state index contributed by atoms with van der Waals surface area (Å²) in [4.78, 5) is 1.91. The van der Waals surface area contributed by atoms with Crippen LogP contribution in [0.25, 0.3) is 0 Å². The molecule has 0 heterocycles. The van der Waals surface area contributed by atoms with E-state index in [1.807, 2.05) is 11.9 Å². The molecule has 1 aromatic carbocycles. The van der Waals surface area contributed by atoms with Crippen LogP contribution in [0.1, 0.15) is 25.7 Å². The van der Waals surface area contributed by atoms with Gasteiger partial charge in [0.25, 0.3) is 0 Å². The summed E-state index contributed by atoms with van der Waals surface area (Å²) in [5.41, 5.74) is 6.84. The van der Waals surface area contributed by atoms with Gasteiger partial charge in [-0.1, -0.05) is 24.4 Å². The number of nitrogen functional groups attached to an aromatic ring is 1. The molecule has 0 radical (unpaired) electrons. The molecule has 1 saturated carbocycles. The lowest BCUT2D eigenvalue weighted by Gasteiger charge is -2.37. The number of halogens is 2. The standard InChI is InChI=1S/C13H18ClFN2O/c1-17(11-4-2-3-5-13(11)18)12-6-8(14)9(15)7-10(12)16/h6-7,11,13,18H,2-5,16H2,1H3. The molecule has 0 aliphatic heterocycles. The van der Waals surface area contributed by atoms with Gasteiger partial charge >= 0.3 is 0 Å². The van der Waals surface area contributed by atoms with E-state index in [9.17, 15) is 9.50 Å². The molecule has 0 amide bonds. The maximum atomic E-state index is 13.3. The van der Waals surface area contributed by atoms with E-state index in [0.29, 0.717) is 11.4 Å². The van der Waals surface area contributed by atoms with Crippen LogP contribution >= 0.6 is 11.6 Å². The highest BCUT2D eigenvalue weighted by molar-refractivity contribution is 6.31. The van der Waals surface area contributed by atoms with Gasteiger partial charge in [-0.05, 0) is 18.9 Å². The van der Waals surface area contributed by atoms with Crippen molar-refractivity contribution in [2.24, 2.45) is 0 Å². The Labute approximate surface area is 111 Å². The second kappa shape index (κ2) is 5.33. The number of hydrogen-bond acceptors (Lipinski definition) is 3. The predicted octanol–water partition coefficient (Wildman–Crippen LogP) is 2.80. The highest BCUT2D eigenvalue weighted by Gasteiger charge is 2.28. The van der Waals surface area contributed by atoms with Gasteiger partial charge in [-0.3, -0.25) is 0 Å². The second-order valence-electron chi connectivity index (χ2n) is 4.86. The van der Waals surface area contributed by atoms with Crippen molar-refractivity contribution >= 4 is 23.0 Å². The van der Waals surface area contributed by atoms with Crippen molar-refractivity contribution in [1.29, 1.82) is 0 Å². The summed E-state index contributed by atoms with van der Waals surface area (Å²) in [5.74, 6) is -0.518. The van der Waals surface area contributed by atoms with Crippen molar-refractivity contribution in [2.75, 3.05) is 17.7 Å². The van der Waals surface area contributed by atoms with Gasteiger partial charge in [0, 0.05) is 13.1 Å². The molecule has 0 aromatic heterocycles. The Kier molecular flexibility index (Phi) is 3.97. The number of hydrogen-bond donors (Lipinski definition) is 2. The van der Waals surface area contributed by atoms with E-state index in [0.717, 1.165) is 25.7 Å². The van der Waals surface area contributed by atoms with Gasteiger partial charge in [-0.15, -0.1) is 0 Å². The highest BCUT2D eigenvalue weighted by atomic mass is 35.5. The Morgan fingerprint density at radius 1 is 1.39 bits per heavy atom. The number of rotatable bonds is 2. The zero-order chi connectivity index (χ0) is 13.3. The largest absolute Gasteiger partial charge is 0.397 e. The molecule has 2 rings (SSSR count). The molecule has 2 atom stereocenters. The fourth-order valence-electron chi connectivity index (χ4n) is 2.58. The van der Waals surface area contributed by atoms with Crippen LogP contribution in [0.4, 0.5) is 15.8 Å². The van der Waals surface area contributed by atoms with Crippen molar-refractivity contribution in [3.63, 3.8) is 0 Å². The molecule has 18 heavy (non-hydrogen) atoms. The molecule has 1 aromatic rings. The van der Waals surface area contributed by atoms with Gasteiger partial charge < -0.3 is 15.7 Å². The quantitative estimate of drug-likeness (QED) is 0.814. The fraction of sp³-hybridized carbons (Fsp3) is 0.538. The number of nitrogens with two attached hydrogens (primary N) is 1. The van der Waals surface area contributed by atoms with Crippen molar-refractivity contribution in [1.82, 2.24) is 0 Å². The van der Waals surface area contributed by atoms with E-state index >= 15 is 0 Å². The van der Waals surface area contributed by atoms with Gasteiger partial charge in [0.05, 0.1) is 28.5 Å². The molecule has 0 bridgehead atoms. The minimum Gasteiger partial charge on any atom is -0.397 e. The molecule has 1 aliphatic rings. The number of aliphatic hydroxyl groups excluding tert-OH is 1. The fourth-order valence-corrected chi connectivity index (χ4v) is 2.74. The number of aliphatic hydroxyl groups is 1.